The summed E-state index contributed by atoms with van der Waals surface area (Å²) >= 11 is 0. The summed E-state index contributed by atoms with van der Waals surface area (Å²) in [5, 5.41) is 3.03. The summed E-state index contributed by atoms with van der Waals surface area (Å²) in [5.74, 6) is -0.0637. The zero-order chi connectivity index (χ0) is 15.7. The molecule has 0 aliphatic heterocycles. The number of allylic oxidation sites excluding steroid dienone is 3. The highest BCUT2D eigenvalue weighted by atomic mass is 16.1. The molecule has 0 saturated heterocycles. The van der Waals surface area contributed by atoms with Crippen LogP contribution in [0.1, 0.15) is 26.3 Å². The lowest BCUT2D eigenvalue weighted by Gasteiger charge is -2.31. The smallest absolute Gasteiger partial charge is 0.244 e. The molecule has 0 aromatic heterocycles. The Morgan fingerprint density at radius 2 is 1.90 bits per heavy atom. The van der Waals surface area contributed by atoms with Gasteiger partial charge in [0, 0.05) is 24.7 Å². The number of nitrogens with one attached hydrogen (secondary N) is 1. The molecule has 0 atom stereocenters. The third-order valence-electron chi connectivity index (χ3n) is 2.97. The highest BCUT2D eigenvalue weighted by Gasteiger charge is 2.21. The van der Waals surface area contributed by atoms with E-state index in [4.69, 9.17) is 0 Å². The van der Waals surface area contributed by atoms with Crippen molar-refractivity contribution in [1.82, 2.24) is 10.2 Å². The lowest BCUT2D eigenvalue weighted by atomic mass is 10.0. The first-order valence-corrected chi connectivity index (χ1v) is 7.27. The molecule has 0 unspecified atom stereocenters. The number of carbonyl (C=O) groups excluding carboxylic acids is 1. The fourth-order valence-electron chi connectivity index (χ4n) is 2.29. The van der Waals surface area contributed by atoms with Gasteiger partial charge in [0.25, 0.3) is 0 Å². The molecule has 0 aliphatic rings. The first kappa shape index (κ1) is 17.2. The lowest BCUT2D eigenvalue weighted by molar-refractivity contribution is -0.118. The van der Waals surface area contributed by atoms with Crippen LogP contribution in [0.4, 0.5) is 0 Å². The molecule has 0 radical (unpaired) electrons. The number of amides is 1. The Morgan fingerprint density at radius 3 is 2.52 bits per heavy atom. The minimum absolute atomic E-state index is 0.0637. The number of nitrogens with zero attached hydrogens (tertiary/aromatic N) is 1. The highest BCUT2D eigenvalue weighted by Crippen LogP contribution is 2.08. The normalized spacial score (nSPS) is 12.4. The number of hydrogen-bond acceptors (Lipinski definition) is 2. The van der Waals surface area contributed by atoms with Crippen LogP contribution in [0.3, 0.4) is 0 Å². The predicted molar refractivity (Wildman–Crippen MR) is 89.0 cm³/mol. The van der Waals surface area contributed by atoms with Crippen molar-refractivity contribution in [2.24, 2.45) is 0 Å². The molecule has 0 spiro atoms. The summed E-state index contributed by atoms with van der Waals surface area (Å²) in [6.07, 6.45) is 7.04. The summed E-state index contributed by atoms with van der Waals surface area (Å²) in [7, 11) is 2.07. The Hall–Kier alpha value is -1.87. The molecule has 0 heterocycles. The van der Waals surface area contributed by atoms with Gasteiger partial charge in [0.1, 0.15) is 0 Å². The maximum absolute atomic E-state index is 11.8. The fourth-order valence-corrected chi connectivity index (χ4v) is 2.29. The average Bonchev–Trinajstić information content (AvgIpc) is 2.38. The third-order valence-corrected chi connectivity index (χ3v) is 2.97. The van der Waals surface area contributed by atoms with Gasteiger partial charge in [-0.05, 0) is 33.4 Å². The highest BCUT2D eigenvalue weighted by molar-refractivity contribution is 5.88. The molecule has 0 bridgehead atoms. The van der Waals surface area contributed by atoms with E-state index >= 15 is 0 Å². The molecule has 3 heteroatoms. The van der Waals surface area contributed by atoms with Crippen molar-refractivity contribution >= 4 is 5.91 Å². The summed E-state index contributed by atoms with van der Waals surface area (Å²) in [4.78, 5) is 14.0. The van der Waals surface area contributed by atoms with E-state index in [9.17, 15) is 4.79 Å². The van der Waals surface area contributed by atoms with Gasteiger partial charge in [-0.2, -0.15) is 0 Å². The van der Waals surface area contributed by atoms with Gasteiger partial charge in [-0.3, -0.25) is 9.69 Å². The Morgan fingerprint density at radius 1 is 1.24 bits per heavy atom. The Kier molecular flexibility index (Phi) is 6.89. The van der Waals surface area contributed by atoms with E-state index in [1.807, 2.05) is 51.1 Å². The van der Waals surface area contributed by atoms with Crippen LogP contribution in [-0.2, 0) is 11.3 Å². The predicted octanol–water partition coefficient (Wildman–Crippen LogP) is 3.15. The zero-order valence-electron chi connectivity index (χ0n) is 13.5. The molecular weight excluding hydrogens is 260 g/mol. The van der Waals surface area contributed by atoms with Crippen LogP contribution in [-0.4, -0.2) is 29.9 Å². The quantitative estimate of drug-likeness (QED) is 0.617. The number of benzene rings is 1. The first-order chi connectivity index (χ1) is 9.93. The van der Waals surface area contributed by atoms with E-state index in [-0.39, 0.29) is 11.4 Å². The van der Waals surface area contributed by atoms with E-state index in [1.54, 1.807) is 12.2 Å². The van der Waals surface area contributed by atoms with E-state index in [0.29, 0.717) is 0 Å². The Labute approximate surface area is 128 Å². The molecule has 1 N–H and O–H groups in total. The second kappa shape index (κ2) is 8.42. The molecule has 0 fully saturated rings. The SMILES string of the molecule is CC=CC=CC(=O)NC(C)(C)CN(C)Cc1ccccc1. The van der Waals surface area contributed by atoms with Crippen LogP contribution in [0, 0.1) is 0 Å². The van der Waals surface area contributed by atoms with Crippen LogP contribution >= 0.6 is 0 Å². The van der Waals surface area contributed by atoms with Crippen molar-refractivity contribution < 1.29 is 4.79 Å². The van der Waals surface area contributed by atoms with Crippen molar-refractivity contribution in [3.05, 3.63) is 60.2 Å². The lowest BCUT2D eigenvalue weighted by Crippen LogP contribution is -2.50. The summed E-state index contributed by atoms with van der Waals surface area (Å²) in [6.45, 7) is 7.65. The third kappa shape index (κ3) is 7.47. The molecule has 21 heavy (non-hydrogen) atoms. The molecule has 1 rings (SSSR count). The van der Waals surface area contributed by atoms with Gasteiger partial charge >= 0.3 is 0 Å². The average molecular weight is 286 g/mol. The van der Waals surface area contributed by atoms with Gasteiger partial charge in [0.2, 0.25) is 5.91 Å². The number of carbonyl (C=O) groups is 1. The molecule has 0 aliphatic carbocycles. The molecule has 1 amide bonds. The minimum atomic E-state index is -0.277. The van der Waals surface area contributed by atoms with Crippen LogP contribution in [0.25, 0.3) is 0 Å². The Bertz CT molecular complexity index is 489. The van der Waals surface area contributed by atoms with Gasteiger partial charge in [-0.1, -0.05) is 48.6 Å². The van der Waals surface area contributed by atoms with Crippen LogP contribution in [0.5, 0.6) is 0 Å². The molecule has 1 aromatic carbocycles. The topological polar surface area (TPSA) is 32.3 Å². The second-order valence-electron chi connectivity index (χ2n) is 5.92. The maximum Gasteiger partial charge on any atom is 0.244 e. The van der Waals surface area contributed by atoms with E-state index in [0.717, 1.165) is 13.1 Å². The van der Waals surface area contributed by atoms with Crippen molar-refractivity contribution in [3.8, 4) is 0 Å². The molecule has 0 saturated carbocycles. The van der Waals surface area contributed by atoms with E-state index in [2.05, 4.69) is 29.4 Å². The van der Waals surface area contributed by atoms with Crippen LogP contribution in [0.15, 0.2) is 54.6 Å². The molecule has 3 nitrogen and oxygen atoms in total. The number of likely N-dealkylation sites (N-methyl/N-ethyl adjacent to an activating group) is 1. The van der Waals surface area contributed by atoms with Crippen molar-refractivity contribution in [3.63, 3.8) is 0 Å². The summed E-state index contributed by atoms with van der Waals surface area (Å²) < 4.78 is 0. The van der Waals surface area contributed by atoms with Gasteiger partial charge in [-0.15, -0.1) is 0 Å². The van der Waals surface area contributed by atoms with Gasteiger partial charge in [-0.25, -0.2) is 0 Å². The molecule has 1 aromatic rings. The van der Waals surface area contributed by atoms with Gasteiger partial charge in [0.15, 0.2) is 0 Å². The molecule has 114 valence electrons. The standard InChI is InChI=1S/C18H26N2O/c1-5-6-8-13-17(21)19-18(2,3)15-20(4)14-16-11-9-7-10-12-16/h5-13H,14-15H2,1-4H3,(H,19,21). The van der Waals surface area contributed by atoms with Crippen LogP contribution in [0.2, 0.25) is 0 Å². The van der Waals surface area contributed by atoms with Crippen molar-refractivity contribution in [2.75, 3.05) is 13.6 Å². The monoisotopic (exact) mass is 286 g/mol. The first-order valence-electron chi connectivity index (χ1n) is 7.27. The second-order valence-corrected chi connectivity index (χ2v) is 5.92. The Balaban J connectivity index is 2.49. The fraction of sp³-hybridized carbons (Fsp3) is 0.389. The number of hydrogen-bond donors (Lipinski definition) is 1. The van der Waals surface area contributed by atoms with Crippen molar-refractivity contribution in [1.29, 1.82) is 0 Å². The maximum atomic E-state index is 11.8. The van der Waals surface area contributed by atoms with E-state index < -0.39 is 0 Å². The van der Waals surface area contributed by atoms with Crippen molar-refractivity contribution in [2.45, 2.75) is 32.9 Å². The number of rotatable bonds is 7. The zero-order valence-corrected chi connectivity index (χ0v) is 13.5. The summed E-state index contributed by atoms with van der Waals surface area (Å²) in [6, 6.07) is 10.3. The molecular formula is C18H26N2O. The van der Waals surface area contributed by atoms with Gasteiger partial charge < -0.3 is 5.32 Å². The minimum Gasteiger partial charge on any atom is -0.346 e. The largest absolute Gasteiger partial charge is 0.346 e. The van der Waals surface area contributed by atoms with E-state index in [1.165, 1.54) is 5.56 Å². The summed E-state index contributed by atoms with van der Waals surface area (Å²) in [5.41, 5.74) is 0.996. The van der Waals surface area contributed by atoms with Gasteiger partial charge in [0.05, 0.1) is 0 Å². The van der Waals surface area contributed by atoms with Crippen LogP contribution < -0.4 is 5.32 Å².